The van der Waals surface area contributed by atoms with Gasteiger partial charge in [0.1, 0.15) is 5.75 Å². The molecule has 210 valence electrons. The van der Waals surface area contributed by atoms with E-state index < -0.39 is 10.8 Å². The summed E-state index contributed by atoms with van der Waals surface area (Å²) in [6.07, 6.45) is 24.3. The highest BCUT2D eigenvalue weighted by Gasteiger charge is 2.06. The fourth-order valence-electron chi connectivity index (χ4n) is 4.60. The minimum Gasteiger partial charge on any atom is -0.508 e. The molecule has 0 bridgehead atoms. The number of amides is 1. The topological polar surface area (TPSA) is 66.4 Å². The molecular weight excluding hydrogens is 490 g/mol. The second-order valence-electron chi connectivity index (χ2n) is 10.3. The Balaban J connectivity index is 1.51. The summed E-state index contributed by atoms with van der Waals surface area (Å²) in [4.78, 5) is 13.0. The molecule has 0 fully saturated rings. The van der Waals surface area contributed by atoms with Crippen molar-refractivity contribution in [3.8, 4) is 5.75 Å². The quantitative estimate of drug-likeness (QED) is 0.123. The molecule has 2 aromatic carbocycles. The van der Waals surface area contributed by atoms with Crippen molar-refractivity contribution in [1.29, 1.82) is 0 Å². The predicted octanol–water partition coefficient (Wildman–Crippen LogP) is 9.41. The molecule has 2 N–H and O–H groups in total. The van der Waals surface area contributed by atoms with Gasteiger partial charge in [0.2, 0.25) is 5.91 Å². The van der Waals surface area contributed by atoms with E-state index in [-0.39, 0.29) is 11.7 Å². The lowest BCUT2D eigenvalue weighted by Crippen LogP contribution is -2.08. The molecule has 1 atom stereocenters. The fraction of sp³-hybridized carbons (Fsp3) is 0.545. The maximum Gasteiger partial charge on any atom is 0.248 e. The molecule has 0 spiro atoms. The van der Waals surface area contributed by atoms with Crippen molar-refractivity contribution in [3.63, 3.8) is 0 Å². The largest absolute Gasteiger partial charge is 0.508 e. The normalized spacial score (nSPS) is 12.1. The van der Waals surface area contributed by atoms with Crippen LogP contribution in [0.4, 0.5) is 5.69 Å². The Bertz CT molecular complexity index is 972. The summed E-state index contributed by atoms with van der Waals surface area (Å²) in [7, 11) is -1.06. The van der Waals surface area contributed by atoms with Gasteiger partial charge in [-0.25, -0.2) is 0 Å². The van der Waals surface area contributed by atoms with Gasteiger partial charge in [-0.15, -0.1) is 0 Å². The third-order valence-electron chi connectivity index (χ3n) is 6.85. The first-order chi connectivity index (χ1) is 18.6. The number of nitrogens with one attached hydrogen (secondary N) is 1. The van der Waals surface area contributed by atoms with E-state index in [9.17, 15) is 14.1 Å². The Morgan fingerprint density at radius 3 is 1.89 bits per heavy atom. The van der Waals surface area contributed by atoms with Gasteiger partial charge >= 0.3 is 0 Å². The molecule has 38 heavy (non-hydrogen) atoms. The van der Waals surface area contributed by atoms with Gasteiger partial charge < -0.3 is 10.4 Å². The number of hydrogen-bond acceptors (Lipinski definition) is 3. The van der Waals surface area contributed by atoms with Gasteiger partial charge in [-0.05, 0) is 48.4 Å². The number of rotatable bonds is 21. The lowest BCUT2D eigenvalue weighted by molar-refractivity contribution is -0.111. The van der Waals surface area contributed by atoms with Crippen molar-refractivity contribution in [2.75, 3.05) is 11.1 Å². The number of phenols is 1. The number of hydrogen-bond donors (Lipinski definition) is 2. The number of phenolic OH excluding ortho intramolecular Hbond substituents is 1. The minimum absolute atomic E-state index is 0.159. The smallest absolute Gasteiger partial charge is 0.248 e. The van der Waals surface area contributed by atoms with Crippen molar-refractivity contribution in [2.24, 2.45) is 0 Å². The Labute approximate surface area is 233 Å². The second-order valence-corrected chi connectivity index (χ2v) is 11.9. The fourth-order valence-corrected chi connectivity index (χ4v) is 5.79. The highest BCUT2D eigenvalue weighted by Crippen LogP contribution is 2.18. The maximum atomic E-state index is 12.7. The molecular formula is C33H49NO3S. The van der Waals surface area contributed by atoms with Gasteiger partial charge in [-0.3, -0.25) is 9.00 Å². The lowest BCUT2D eigenvalue weighted by Gasteiger charge is -2.07. The summed E-state index contributed by atoms with van der Waals surface area (Å²) in [6.45, 7) is 2.27. The third kappa shape index (κ3) is 15.1. The first-order valence-electron chi connectivity index (χ1n) is 14.8. The van der Waals surface area contributed by atoms with Crippen LogP contribution in [0.15, 0.2) is 59.5 Å². The van der Waals surface area contributed by atoms with Crippen molar-refractivity contribution < 1.29 is 14.1 Å². The molecule has 1 amide bonds. The Kier molecular flexibility index (Phi) is 17.2. The van der Waals surface area contributed by atoms with Gasteiger partial charge in [-0.2, -0.15) is 0 Å². The van der Waals surface area contributed by atoms with Crippen molar-refractivity contribution in [2.45, 2.75) is 115 Å². The van der Waals surface area contributed by atoms with Gasteiger partial charge in [0, 0.05) is 22.4 Å². The van der Waals surface area contributed by atoms with Crippen molar-refractivity contribution >= 4 is 28.5 Å². The van der Waals surface area contributed by atoms with Gasteiger partial charge in [-0.1, -0.05) is 121 Å². The zero-order valence-electron chi connectivity index (χ0n) is 23.5. The van der Waals surface area contributed by atoms with Crippen molar-refractivity contribution in [1.82, 2.24) is 0 Å². The summed E-state index contributed by atoms with van der Waals surface area (Å²) in [5.74, 6) is 0.550. The summed E-state index contributed by atoms with van der Waals surface area (Å²) >= 11 is 0. The number of unbranched alkanes of at least 4 members (excludes halogenated alkanes) is 15. The highest BCUT2D eigenvalue weighted by molar-refractivity contribution is 7.85. The van der Waals surface area contributed by atoms with Crippen LogP contribution in [0.25, 0.3) is 6.08 Å². The SMILES string of the molecule is CCCCCCCCCCCCCCCCCCS(=O)c1cccc(NC(=O)C=Cc2cccc(O)c2)c1. The monoisotopic (exact) mass is 539 g/mol. The Morgan fingerprint density at radius 2 is 1.32 bits per heavy atom. The van der Waals surface area contributed by atoms with Crippen LogP contribution in [-0.4, -0.2) is 21.0 Å². The van der Waals surface area contributed by atoms with E-state index in [2.05, 4.69) is 12.2 Å². The summed E-state index contributed by atoms with van der Waals surface area (Å²) < 4.78 is 12.7. The van der Waals surface area contributed by atoms with Gasteiger partial charge in [0.25, 0.3) is 0 Å². The molecule has 2 rings (SSSR count). The van der Waals surface area contributed by atoms with Crippen LogP contribution in [0.1, 0.15) is 115 Å². The van der Waals surface area contributed by atoms with Gasteiger partial charge in [0.05, 0.1) is 10.8 Å². The number of carbonyl (C=O) groups excluding carboxylic acids is 1. The molecule has 0 aliphatic heterocycles. The van der Waals surface area contributed by atoms with Crippen LogP contribution in [0.5, 0.6) is 5.75 Å². The van der Waals surface area contributed by atoms with Crippen LogP contribution in [0, 0.1) is 0 Å². The van der Waals surface area contributed by atoms with Crippen LogP contribution in [0.3, 0.4) is 0 Å². The molecule has 5 heteroatoms. The number of benzene rings is 2. The van der Waals surface area contributed by atoms with E-state index >= 15 is 0 Å². The molecule has 1 unspecified atom stereocenters. The first kappa shape index (κ1) is 31.8. The first-order valence-corrected chi connectivity index (χ1v) is 16.2. The van der Waals surface area contributed by atoms with E-state index in [1.807, 2.05) is 18.2 Å². The zero-order valence-corrected chi connectivity index (χ0v) is 24.3. The van der Waals surface area contributed by atoms with Crippen LogP contribution in [-0.2, 0) is 15.6 Å². The summed E-state index contributed by atoms with van der Waals surface area (Å²) in [5, 5.41) is 12.3. The third-order valence-corrected chi connectivity index (χ3v) is 8.28. The lowest BCUT2D eigenvalue weighted by atomic mass is 10.0. The van der Waals surface area contributed by atoms with E-state index in [0.29, 0.717) is 11.4 Å². The van der Waals surface area contributed by atoms with Crippen LogP contribution >= 0.6 is 0 Å². The average Bonchev–Trinajstić information content (AvgIpc) is 2.92. The predicted molar refractivity (Wildman–Crippen MR) is 163 cm³/mol. The number of carbonyl (C=O) groups is 1. The average molecular weight is 540 g/mol. The van der Waals surface area contributed by atoms with Crippen LogP contribution < -0.4 is 5.32 Å². The molecule has 0 aliphatic carbocycles. The Morgan fingerprint density at radius 1 is 0.763 bits per heavy atom. The minimum atomic E-state index is -1.06. The maximum absolute atomic E-state index is 12.7. The second kappa shape index (κ2) is 20.5. The number of aromatic hydroxyl groups is 1. The van der Waals surface area contributed by atoms with Crippen LogP contribution in [0.2, 0.25) is 0 Å². The van der Waals surface area contributed by atoms with Gasteiger partial charge in [0.15, 0.2) is 0 Å². The van der Waals surface area contributed by atoms with E-state index in [1.54, 1.807) is 36.4 Å². The molecule has 0 saturated carbocycles. The van der Waals surface area contributed by atoms with Crippen molar-refractivity contribution in [3.05, 3.63) is 60.2 Å². The molecule has 0 heterocycles. The molecule has 0 saturated heterocycles. The standard InChI is InChI=1S/C33H49NO3S/c1-2-3-4-5-6-7-8-9-10-11-12-13-14-15-16-17-26-38(37)32-23-19-21-30(28-32)34-33(36)25-24-29-20-18-22-31(35)27-29/h18-25,27-28,35H,2-17,26H2,1H3,(H,34,36). The summed E-state index contributed by atoms with van der Waals surface area (Å²) in [5.41, 5.74) is 1.38. The molecule has 0 radical (unpaired) electrons. The number of anilines is 1. The van der Waals surface area contributed by atoms with E-state index in [0.717, 1.165) is 23.3 Å². The molecule has 4 nitrogen and oxygen atoms in total. The van der Waals surface area contributed by atoms with E-state index in [1.165, 1.54) is 96.0 Å². The molecule has 0 aliphatic rings. The molecule has 0 aromatic heterocycles. The highest BCUT2D eigenvalue weighted by atomic mass is 32.2. The summed E-state index contributed by atoms with van der Waals surface area (Å²) in [6, 6.07) is 14.0. The Hall–Kier alpha value is -2.40. The van der Waals surface area contributed by atoms with E-state index in [4.69, 9.17) is 0 Å². The molecule has 2 aromatic rings. The zero-order chi connectivity index (χ0) is 27.3.